The molecule has 21 heavy (non-hydrogen) atoms. The number of nitrogens with one attached hydrogen (secondary N) is 1. The molecule has 2 N–H and O–H groups in total. The van der Waals surface area contributed by atoms with E-state index in [4.69, 9.17) is 9.47 Å². The van der Waals surface area contributed by atoms with Gasteiger partial charge in [0.2, 0.25) is 5.91 Å². The highest BCUT2D eigenvalue weighted by Gasteiger charge is 2.32. The Hall–Kier alpha value is -1.63. The third kappa shape index (κ3) is 4.42. The maximum absolute atomic E-state index is 11.5. The second kappa shape index (κ2) is 7.40. The van der Waals surface area contributed by atoms with E-state index in [-0.39, 0.29) is 18.6 Å². The van der Waals surface area contributed by atoms with Crippen LogP contribution in [0.2, 0.25) is 0 Å². The molecule has 0 unspecified atom stereocenters. The van der Waals surface area contributed by atoms with Crippen molar-refractivity contribution in [3.63, 3.8) is 0 Å². The number of aliphatic hydroxyl groups excluding tert-OH is 1. The molecule has 1 saturated heterocycles. The first-order valence-electron chi connectivity index (χ1n) is 6.94. The second-order valence-corrected chi connectivity index (χ2v) is 5.22. The highest BCUT2D eigenvalue weighted by atomic mass is 16.5. The van der Waals surface area contributed by atoms with Gasteiger partial charge >= 0.3 is 0 Å². The van der Waals surface area contributed by atoms with Crippen molar-refractivity contribution in [3.05, 3.63) is 29.8 Å². The van der Waals surface area contributed by atoms with E-state index < -0.39 is 6.10 Å². The molecule has 0 radical (unpaired) electrons. The first kappa shape index (κ1) is 15.8. The highest BCUT2D eigenvalue weighted by molar-refractivity contribution is 5.77. The van der Waals surface area contributed by atoms with Crippen LogP contribution in [0.15, 0.2) is 24.3 Å². The average molecular weight is 294 g/mol. The lowest BCUT2D eigenvalue weighted by molar-refractivity contribution is -0.125. The fraction of sp³-hybridized carbons (Fsp3) is 0.533. The number of rotatable bonds is 6. The van der Waals surface area contributed by atoms with Gasteiger partial charge in [-0.1, -0.05) is 12.1 Å². The van der Waals surface area contributed by atoms with Gasteiger partial charge in [0.1, 0.15) is 12.4 Å². The fourth-order valence-corrected chi connectivity index (χ4v) is 2.51. The lowest BCUT2D eigenvalue weighted by Crippen LogP contribution is -2.44. The molecule has 116 valence electrons. The van der Waals surface area contributed by atoms with Crippen LogP contribution < -0.4 is 10.1 Å². The SMILES string of the molecule is COCC(=O)N[C@@H]1CN(Cc2ccc(OC)cc2)C[C@H]1O. The predicted octanol–water partition coefficient (Wildman–Crippen LogP) is 0.00290. The number of methoxy groups -OCH3 is 2. The summed E-state index contributed by atoms with van der Waals surface area (Å²) >= 11 is 0. The summed E-state index contributed by atoms with van der Waals surface area (Å²) in [6.07, 6.45) is -0.552. The topological polar surface area (TPSA) is 71.0 Å². The Bertz CT molecular complexity index is 463. The lowest BCUT2D eigenvalue weighted by atomic mass is 10.2. The van der Waals surface area contributed by atoms with Crippen molar-refractivity contribution in [1.29, 1.82) is 0 Å². The number of hydrogen-bond acceptors (Lipinski definition) is 5. The van der Waals surface area contributed by atoms with Crippen molar-refractivity contribution in [1.82, 2.24) is 10.2 Å². The molecule has 2 atom stereocenters. The molecular formula is C15H22N2O4. The third-order valence-electron chi connectivity index (χ3n) is 3.55. The first-order chi connectivity index (χ1) is 10.1. The molecule has 0 aromatic heterocycles. The Morgan fingerprint density at radius 3 is 2.67 bits per heavy atom. The number of likely N-dealkylation sites (tertiary alicyclic amines) is 1. The molecule has 0 saturated carbocycles. The zero-order valence-corrected chi connectivity index (χ0v) is 12.4. The van der Waals surface area contributed by atoms with Gasteiger partial charge in [-0.3, -0.25) is 9.69 Å². The number of benzene rings is 1. The van der Waals surface area contributed by atoms with Gasteiger partial charge in [-0.25, -0.2) is 0 Å². The van der Waals surface area contributed by atoms with Crippen LogP contribution in [0, 0.1) is 0 Å². The van der Waals surface area contributed by atoms with Crippen LogP contribution >= 0.6 is 0 Å². The zero-order valence-electron chi connectivity index (χ0n) is 12.4. The van der Waals surface area contributed by atoms with Crippen molar-refractivity contribution in [3.8, 4) is 5.75 Å². The van der Waals surface area contributed by atoms with Crippen molar-refractivity contribution in [2.24, 2.45) is 0 Å². The number of nitrogens with zero attached hydrogens (tertiary/aromatic N) is 1. The summed E-state index contributed by atoms with van der Waals surface area (Å²) in [6, 6.07) is 7.59. The summed E-state index contributed by atoms with van der Waals surface area (Å²) in [5, 5.41) is 12.8. The Morgan fingerprint density at radius 2 is 2.05 bits per heavy atom. The summed E-state index contributed by atoms with van der Waals surface area (Å²) in [5.41, 5.74) is 1.15. The maximum Gasteiger partial charge on any atom is 0.246 e. The molecule has 1 aliphatic rings. The summed E-state index contributed by atoms with van der Waals surface area (Å²) in [4.78, 5) is 13.6. The molecule has 1 aliphatic heterocycles. The molecule has 6 nitrogen and oxygen atoms in total. The lowest BCUT2D eigenvalue weighted by Gasteiger charge is -2.16. The van der Waals surface area contributed by atoms with Crippen molar-refractivity contribution in [2.45, 2.75) is 18.7 Å². The maximum atomic E-state index is 11.5. The molecule has 1 heterocycles. The Balaban J connectivity index is 1.86. The molecule has 0 bridgehead atoms. The van der Waals surface area contributed by atoms with Crippen LogP contribution in [0.4, 0.5) is 0 Å². The summed E-state index contributed by atoms with van der Waals surface area (Å²) in [5.74, 6) is 0.623. The Morgan fingerprint density at radius 1 is 1.33 bits per heavy atom. The number of hydrogen-bond donors (Lipinski definition) is 2. The minimum Gasteiger partial charge on any atom is -0.497 e. The van der Waals surface area contributed by atoms with Crippen molar-refractivity contribution >= 4 is 5.91 Å². The molecule has 1 aromatic carbocycles. The number of amides is 1. The monoisotopic (exact) mass is 294 g/mol. The number of β-amino-alcohol motifs (C(OH)–C–C–N with tert-alkyl or cyclic N) is 1. The van der Waals surface area contributed by atoms with Crippen LogP contribution in [-0.2, 0) is 16.1 Å². The minimum absolute atomic E-state index is 0.0156. The normalized spacial score (nSPS) is 22.2. The molecular weight excluding hydrogens is 272 g/mol. The first-order valence-corrected chi connectivity index (χ1v) is 6.94. The second-order valence-electron chi connectivity index (χ2n) is 5.22. The predicted molar refractivity (Wildman–Crippen MR) is 78.1 cm³/mol. The van der Waals surface area contributed by atoms with Crippen LogP contribution in [0.3, 0.4) is 0 Å². The van der Waals surface area contributed by atoms with Gasteiger partial charge in [0.15, 0.2) is 0 Å². The van der Waals surface area contributed by atoms with Gasteiger partial charge < -0.3 is 19.9 Å². The number of aliphatic hydroxyl groups is 1. The standard InChI is InChI=1S/C15H22N2O4/c1-20-10-15(19)16-13-8-17(9-14(13)18)7-11-3-5-12(21-2)6-4-11/h3-6,13-14,18H,7-10H2,1-2H3,(H,16,19)/t13-,14-/m1/s1. The number of carbonyl (C=O) groups excluding carboxylic acids is 1. The number of carbonyl (C=O) groups is 1. The highest BCUT2D eigenvalue weighted by Crippen LogP contribution is 2.17. The van der Waals surface area contributed by atoms with E-state index in [1.165, 1.54) is 7.11 Å². The van der Waals surface area contributed by atoms with Crippen LogP contribution in [-0.4, -0.2) is 62.0 Å². The number of ether oxygens (including phenoxy) is 2. The van der Waals surface area contributed by atoms with E-state index in [2.05, 4.69) is 10.2 Å². The minimum atomic E-state index is -0.552. The summed E-state index contributed by atoms with van der Waals surface area (Å²) in [7, 11) is 3.11. The molecule has 6 heteroatoms. The van der Waals surface area contributed by atoms with Gasteiger partial charge in [0, 0.05) is 26.7 Å². The molecule has 0 spiro atoms. The van der Waals surface area contributed by atoms with Gasteiger partial charge in [-0.15, -0.1) is 0 Å². The molecule has 1 amide bonds. The van der Waals surface area contributed by atoms with E-state index in [0.717, 1.165) is 17.9 Å². The smallest absolute Gasteiger partial charge is 0.246 e. The van der Waals surface area contributed by atoms with Crippen molar-refractivity contribution < 1.29 is 19.4 Å². The summed E-state index contributed by atoms with van der Waals surface area (Å²) < 4.78 is 9.90. The zero-order chi connectivity index (χ0) is 15.2. The quantitative estimate of drug-likeness (QED) is 0.773. The van der Waals surface area contributed by atoms with E-state index >= 15 is 0 Å². The molecule has 2 rings (SSSR count). The Kier molecular flexibility index (Phi) is 5.55. The van der Waals surface area contributed by atoms with Crippen LogP contribution in [0.5, 0.6) is 5.75 Å². The van der Waals surface area contributed by atoms with Gasteiger partial charge in [-0.2, -0.15) is 0 Å². The van der Waals surface area contributed by atoms with Gasteiger partial charge in [-0.05, 0) is 17.7 Å². The van der Waals surface area contributed by atoms with E-state index in [0.29, 0.717) is 13.1 Å². The van der Waals surface area contributed by atoms with E-state index in [1.807, 2.05) is 24.3 Å². The fourth-order valence-electron chi connectivity index (χ4n) is 2.51. The third-order valence-corrected chi connectivity index (χ3v) is 3.55. The van der Waals surface area contributed by atoms with E-state index in [9.17, 15) is 9.90 Å². The molecule has 1 aromatic rings. The van der Waals surface area contributed by atoms with Gasteiger partial charge in [0.05, 0.1) is 19.3 Å². The van der Waals surface area contributed by atoms with E-state index in [1.54, 1.807) is 7.11 Å². The molecule has 1 fully saturated rings. The Labute approximate surface area is 124 Å². The molecule has 0 aliphatic carbocycles. The van der Waals surface area contributed by atoms with Crippen molar-refractivity contribution in [2.75, 3.05) is 33.9 Å². The summed E-state index contributed by atoms with van der Waals surface area (Å²) in [6.45, 7) is 1.92. The van der Waals surface area contributed by atoms with Crippen LogP contribution in [0.25, 0.3) is 0 Å². The largest absolute Gasteiger partial charge is 0.497 e. The van der Waals surface area contributed by atoms with Crippen LogP contribution in [0.1, 0.15) is 5.56 Å². The van der Waals surface area contributed by atoms with Gasteiger partial charge in [0.25, 0.3) is 0 Å². The average Bonchev–Trinajstić information content (AvgIpc) is 2.80.